The quantitative estimate of drug-likeness (QED) is 0.281. The van der Waals surface area contributed by atoms with Crippen molar-refractivity contribution in [2.24, 2.45) is 10.9 Å². The molecule has 8 nitrogen and oxygen atoms in total. The van der Waals surface area contributed by atoms with Gasteiger partial charge in [0.25, 0.3) is 10.0 Å². The Kier molecular flexibility index (Phi) is 5.05. The number of amidine groups is 1. The second-order valence-electron chi connectivity index (χ2n) is 4.88. The predicted octanol–water partition coefficient (Wildman–Crippen LogP) is 1.54. The van der Waals surface area contributed by atoms with Gasteiger partial charge in [0.1, 0.15) is 0 Å². The molecule has 0 fully saturated rings. The maximum atomic E-state index is 12.4. The first-order valence-electron chi connectivity index (χ1n) is 6.80. The zero-order valence-corrected chi connectivity index (χ0v) is 13.5. The number of oxime groups is 1. The van der Waals surface area contributed by atoms with E-state index in [9.17, 15) is 13.2 Å². The molecule has 0 heterocycles. The maximum Gasteiger partial charge on any atom is 0.261 e. The molecule has 2 aromatic rings. The van der Waals surface area contributed by atoms with Gasteiger partial charge >= 0.3 is 0 Å². The van der Waals surface area contributed by atoms with Crippen LogP contribution in [0.5, 0.6) is 0 Å². The molecule has 5 N–H and O–H groups in total. The first-order chi connectivity index (χ1) is 11.3. The van der Waals surface area contributed by atoms with E-state index in [-0.39, 0.29) is 16.6 Å². The molecule has 0 radical (unpaired) electrons. The molecule has 0 aliphatic heterocycles. The summed E-state index contributed by atoms with van der Waals surface area (Å²) >= 11 is 0. The van der Waals surface area contributed by atoms with Crippen LogP contribution in [0.2, 0.25) is 0 Å². The van der Waals surface area contributed by atoms with E-state index in [4.69, 9.17) is 10.9 Å². The Morgan fingerprint density at radius 2 is 1.75 bits per heavy atom. The summed E-state index contributed by atoms with van der Waals surface area (Å²) in [5, 5.41) is 14.0. The third-order valence-corrected chi connectivity index (χ3v) is 4.40. The number of carbonyl (C=O) groups is 1. The van der Waals surface area contributed by atoms with Gasteiger partial charge in [0.2, 0.25) is 5.91 Å². The zero-order chi connectivity index (χ0) is 17.7. The topological polar surface area (TPSA) is 134 Å². The summed E-state index contributed by atoms with van der Waals surface area (Å²) in [7, 11) is -3.81. The van der Waals surface area contributed by atoms with E-state index in [0.717, 1.165) is 0 Å². The van der Waals surface area contributed by atoms with Crippen molar-refractivity contribution in [2.45, 2.75) is 11.8 Å². The van der Waals surface area contributed by atoms with Crippen molar-refractivity contribution < 1.29 is 18.4 Å². The molecule has 0 unspecified atom stereocenters. The van der Waals surface area contributed by atoms with E-state index in [1.807, 2.05) is 0 Å². The average Bonchev–Trinajstić information content (AvgIpc) is 2.53. The maximum absolute atomic E-state index is 12.4. The predicted molar refractivity (Wildman–Crippen MR) is 90.5 cm³/mol. The van der Waals surface area contributed by atoms with Gasteiger partial charge in [0.15, 0.2) is 5.84 Å². The molecule has 24 heavy (non-hydrogen) atoms. The highest BCUT2D eigenvalue weighted by molar-refractivity contribution is 7.92. The van der Waals surface area contributed by atoms with Gasteiger partial charge in [-0.05, 0) is 42.5 Å². The molecule has 0 bridgehead atoms. The Bertz CT molecular complexity index is 877. The second-order valence-corrected chi connectivity index (χ2v) is 6.56. The molecule has 2 rings (SSSR count). The lowest BCUT2D eigenvalue weighted by atomic mass is 10.2. The number of sulfonamides is 1. The number of anilines is 2. The number of hydrogen-bond acceptors (Lipinski definition) is 5. The van der Waals surface area contributed by atoms with Crippen molar-refractivity contribution >= 4 is 33.1 Å². The fourth-order valence-corrected chi connectivity index (χ4v) is 2.99. The van der Waals surface area contributed by atoms with E-state index in [1.54, 1.807) is 18.2 Å². The van der Waals surface area contributed by atoms with Gasteiger partial charge in [0.05, 0.1) is 10.6 Å². The zero-order valence-electron chi connectivity index (χ0n) is 12.7. The van der Waals surface area contributed by atoms with Crippen LogP contribution in [0.3, 0.4) is 0 Å². The Morgan fingerprint density at radius 1 is 1.12 bits per heavy atom. The van der Waals surface area contributed by atoms with Crippen LogP contribution < -0.4 is 15.8 Å². The molecule has 9 heteroatoms. The molecule has 2 aromatic carbocycles. The van der Waals surface area contributed by atoms with Crippen molar-refractivity contribution in [2.75, 3.05) is 10.0 Å². The lowest BCUT2D eigenvalue weighted by molar-refractivity contribution is -0.114. The number of amides is 1. The third-order valence-electron chi connectivity index (χ3n) is 3.00. The number of nitrogens with two attached hydrogens (primary N) is 1. The minimum absolute atomic E-state index is 0.0157. The van der Waals surface area contributed by atoms with E-state index in [1.165, 1.54) is 37.3 Å². The molecule has 0 saturated carbocycles. The number of benzene rings is 2. The largest absolute Gasteiger partial charge is 0.409 e. The summed E-state index contributed by atoms with van der Waals surface area (Å²) in [6.07, 6.45) is 0. The summed E-state index contributed by atoms with van der Waals surface area (Å²) in [5.74, 6) is -0.372. The molecule has 0 atom stereocenters. The van der Waals surface area contributed by atoms with Gasteiger partial charge in [-0.2, -0.15) is 0 Å². The summed E-state index contributed by atoms with van der Waals surface area (Å²) in [6, 6.07) is 11.9. The smallest absolute Gasteiger partial charge is 0.261 e. The van der Waals surface area contributed by atoms with Crippen LogP contribution >= 0.6 is 0 Å². The average molecular weight is 348 g/mol. The fourth-order valence-electron chi connectivity index (χ4n) is 1.94. The van der Waals surface area contributed by atoms with Gasteiger partial charge in [-0.1, -0.05) is 11.2 Å². The molecule has 0 aromatic heterocycles. The number of carbonyl (C=O) groups excluding carboxylic acids is 1. The summed E-state index contributed by atoms with van der Waals surface area (Å²) in [4.78, 5) is 11.1. The molecule has 0 aliphatic carbocycles. The van der Waals surface area contributed by atoms with Gasteiger partial charge in [-0.25, -0.2) is 8.42 Å². The number of nitrogens with zero attached hydrogens (tertiary/aromatic N) is 1. The van der Waals surface area contributed by atoms with Gasteiger partial charge < -0.3 is 16.3 Å². The Morgan fingerprint density at radius 3 is 2.33 bits per heavy atom. The second kappa shape index (κ2) is 7.01. The number of hydrogen-bond donors (Lipinski definition) is 4. The SMILES string of the molecule is CC(=O)Nc1cccc(NS(=O)(=O)c2ccc(C(N)=NO)cc2)c1. The highest BCUT2D eigenvalue weighted by Gasteiger charge is 2.15. The Balaban J connectivity index is 2.23. The van der Waals surface area contributed by atoms with Gasteiger partial charge in [0, 0.05) is 18.2 Å². The Hall–Kier alpha value is -3.07. The highest BCUT2D eigenvalue weighted by Crippen LogP contribution is 2.20. The van der Waals surface area contributed by atoms with Crippen molar-refractivity contribution in [1.29, 1.82) is 0 Å². The highest BCUT2D eigenvalue weighted by atomic mass is 32.2. The first-order valence-corrected chi connectivity index (χ1v) is 8.28. The van der Waals surface area contributed by atoms with Crippen molar-refractivity contribution in [1.82, 2.24) is 0 Å². The standard InChI is InChI=1S/C15H16N4O4S/c1-10(20)17-12-3-2-4-13(9-12)19-24(22,23)14-7-5-11(6-8-14)15(16)18-21/h2-9,19,21H,1H3,(H2,16,18)(H,17,20). The molecular formula is C15H16N4O4S. The van der Waals surface area contributed by atoms with E-state index >= 15 is 0 Å². The van der Waals surface area contributed by atoms with Crippen LogP contribution in [0.25, 0.3) is 0 Å². The fraction of sp³-hybridized carbons (Fsp3) is 0.0667. The number of nitrogens with one attached hydrogen (secondary N) is 2. The molecule has 126 valence electrons. The molecule has 1 amide bonds. The van der Waals surface area contributed by atoms with Crippen LogP contribution in [0.4, 0.5) is 11.4 Å². The van der Waals surface area contributed by atoms with E-state index in [0.29, 0.717) is 16.9 Å². The van der Waals surface area contributed by atoms with Crippen LogP contribution in [-0.2, 0) is 14.8 Å². The monoisotopic (exact) mass is 348 g/mol. The van der Waals surface area contributed by atoms with E-state index < -0.39 is 10.0 Å². The number of rotatable bonds is 5. The first kappa shape index (κ1) is 17.3. The molecule has 0 spiro atoms. The van der Waals surface area contributed by atoms with E-state index in [2.05, 4.69) is 15.2 Å². The minimum Gasteiger partial charge on any atom is -0.409 e. The van der Waals surface area contributed by atoms with Crippen LogP contribution in [0.15, 0.2) is 58.6 Å². The molecule has 0 saturated heterocycles. The van der Waals surface area contributed by atoms with Crippen LogP contribution in [-0.4, -0.2) is 25.4 Å². The van der Waals surface area contributed by atoms with Crippen LogP contribution in [0.1, 0.15) is 12.5 Å². The normalized spacial score (nSPS) is 11.8. The lowest BCUT2D eigenvalue weighted by Gasteiger charge is -2.10. The van der Waals surface area contributed by atoms with Gasteiger partial charge in [-0.3, -0.25) is 9.52 Å². The van der Waals surface area contributed by atoms with Crippen LogP contribution in [0, 0.1) is 0 Å². The molecular weight excluding hydrogens is 332 g/mol. The van der Waals surface area contributed by atoms with Gasteiger partial charge in [-0.15, -0.1) is 0 Å². The summed E-state index contributed by atoms with van der Waals surface area (Å²) in [6.45, 7) is 1.36. The summed E-state index contributed by atoms with van der Waals surface area (Å²) < 4.78 is 27.2. The lowest BCUT2D eigenvalue weighted by Crippen LogP contribution is -2.15. The van der Waals surface area contributed by atoms with Crippen molar-refractivity contribution in [3.05, 3.63) is 54.1 Å². The Labute approximate surface area is 139 Å². The third kappa shape index (κ3) is 4.23. The molecule has 0 aliphatic rings. The van der Waals surface area contributed by atoms with Crippen molar-refractivity contribution in [3.8, 4) is 0 Å². The van der Waals surface area contributed by atoms with Crippen molar-refractivity contribution in [3.63, 3.8) is 0 Å². The minimum atomic E-state index is -3.81. The summed E-state index contributed by atoms with van der Waals surface area (Å²) in [5.41, 5.74) is 6.61.